The molecule has 7 heteroatoms. The maximum atomic E-state index is 11.0. The van der Waals surface area contributed by atoms with Gasteiger partial charge in [0.1, 0.15) is 0 Å². The third-order valence-corrected chi connectivity index (χ3v) is 3.52. The van der Waals surface area contributed by atoms with Gasteiger partial charge in [0.05, 0.1) is 20.3 Å². The fourth-order valence-corrected chi connectivity index (χ4v) is 2.24. The summed E-state index contributed by atoms with van der Waals surface area (Å²) in [7, 11) is 1.34. The molecule has 1 heterocycles. The Labute approximate surface area is 118 Å². The molecule has 0 bridgehead atoms. The van der Waals surface area contributed by atoms with Gasteiger partial charge in [0.25, 0.3) is 0 Å². The van der Waals surface area contributed by atoms with Crippen LogP contribution in [0.1, 0.15) is 45.4 Å². The molecule has 0 N–H and O–H groups in total. The van der Waals surface area contributed by atoms with E-state index in [2.05, 4.69) is 4.74 Å². The number of ether oxygens (including phenoxy) is 3. The zero-order valence-corrected chi connectivity index (χ0v) is 12.1. The Hall–Kier alpha value is -1.21. The average molecular weight is 289 g/mol. The fourth-order valence-electron chi connectivity index (χ4n) is 2.24. The van der Waals surface area contributed by atoms with Crippen LogP contribution in [0.3, 0.4) is 0 Å². The number of carbonyl (C=O) groups is 1. The maximum absolute atomic E-state index is 11.0. The molecule has 1 aliphatic heterocycles. The molecule has 0 aromatic rings. The highest BCUT2D eigenvalue weighted by Crippen LogP contribution is 2.26. The third kappa shape index (κ3) is 5.83. The topological polar surface area (TPSA) is 87.9 Å². The van der Waals surface area contributed by atoms with Crippen LogP contribution in [0.4, 0.5) is 0 Å². The largest absolute Gasteiger partial charge is 0.469 e. The monoisotopic (exact) mass is 289 g/mol. The molecule has 20 heavy (non-hydrogen) atoms. The highest BCUT2D eigenvalue weighted by molar-refractivity contribution is 5.68. The molecule has 0 spiro atoms. The fraction of sp³-hybridized carbons (Fsp3) is 0.923. The van der Waals surface area contributed by atoms with Crippen molar-refractivity contribution in [2.24, 2.45) is 0 Å². The van der Waals surface area contributed by atoms with E-state index in [9.17, 15) is 14.9 Å². The van der Waals surface area contributed by atoms with E-state index in [0.717, 1.165) is 0 Å². The first-order valence-corrected chi connectivity index (χ1v) is 6.95. The van der Waals surface area contributed by atoms with Gasteiger partial charge in [-0.2, -0.15) is 0 Å². The Balaban J connectivity index is 2.26. The number of nitro groups is 1. The molecule has 0 aromatic heterocycles. The predicted molar refractivity (Wildman–Crippen MR) is 70.8 cm³/mol. The average Bonchev–Trinajstić information content (AvgIpc) is 2.84. The van der Waals surface area contributed by atoms with Crippen LogP contribution in [-0.4, -0.2) is 43.0 Å². The van der Waals surface area contributed by atoms with Crippen LogP contribution in [-0.2, 0) is 19.0 Å². The first kappa shape index (κ1) is 16.8. The van der Waals surface area contributed by atoms with Gasteiger partial charge in [-0.25, -0.2) is 0 Å². The van der Waals surface area contributed by atoms with Crippen molar-refractivity contribution in [2.45, 2.75) is 57.3 Å². The van der Waals surface area contributed by atoms with E-state index < -0.39 is 11.8 Å². The second-order valence-electron chi connectivity index (χ2n) is 5.13. The minimum atomic E-state index is -0.680. The SMILES string of the molecule is COC(=O)CCCCC(CCC1(C)OCCO1)[N+](=O)[O-]. The van der Waals surface area contributed by atoms with Crippen molar-refractivity contribution >= 4 is 5.97 Å². The second kappa shape index (κ2) is 8.16. The van der Waals surface area contributed by atoms with Crippen LogP contribution in [0.25, 0.3) is 0 Å². The normalized spacial score (nSPS) is 18.7. The zero-order chi connectivity index (χ0) is 15.0. The summed E-state index contributed by atoms with van der Waals surface area (Å²) < 4.78 is 15.4. The number of esters is 1. The number of carbonyl (C=O) groups excluding carboxylic acids is 1. The van der Waals surface area contributed by atoms with Crippen LogP contribution in [0.15, 0.2) is 0 Å². The molecule has 0 radical (unpaired) electrons. The van der Waals surface area contributed by atoms with E-state index in [1.165, 1.54) is 7.11 Å². The first-order valence-electron chi connectivity index (χ1n) is 6.95. The van der Waals surface area contributed by atoms with E-state index in [1.807, 2.05) is 6.92 Å². The van der Waals surface area contributed by atoms with Crippen molar-refractivity contribution in [3.63, 3.8) is 0 Å². The predicted octanol–water partition coefficient (Wildman–Crippen LogP) is 1.91. The Morgan fingerprint density at radius 3 is 2.55 bits per heavy atom. The highest BCUT2D eigenvalue weighted by atomic mass is 16.7. The van der Waals surface area contributed by atoms with Crippen molar-refractivity contribution in [3.05, 3.63) is 10.1 Å². The Bertz CT molecular complexity index is 327. The molecule has 0 amide bonds. The van der Waals surface area contributed by atoms with Gasteiger partial charge in [0, 0.05) is 30.6 Å². The minimum Gasteiger partial charge on any atom is -0.469 e. The summed E-state index contributed by atoms with van der Waals surface area (Å²) in [6, 6.07) is -0.614. The lowest BCUT2D eigenvalue weighted by molar-refractivity contribution is -0.525. The van der Waals surface area contributed by atoms with Crippen molar-refractivity contribution < 1.29 is 23.9 Å². The molecule has 0 aliphatic carbocycles. The summed E-state index contributed by atoms with van der Waals surface area (Å²) in [6.07, 6.45) is 2.95. The molecule has 1 atom stereocenters. The quantitative estimate of drug-likeness (QED) is 0.279. The van der Waals surface area contributed by atoms with Crippen LogP contribution in [0, 0.1) is 10.1 Å². The van der Waals surface area contributed by atoms with Gasteiger partial charge in [-0.1, -0.05) is 0 Å². The van der Waals surface area contributed by atoms with Crippen molar-refractivity contribution in [2.75, 3.05) is 20.3 Å². The van der Waals surface area contributed by atoms with Gasteiger partial charge in [0.2, 0.25) is 6.04 Å². The smallest absolute Gasteiger partial charge is 0.305 e. The number of unbranched alkanes of at least 4 members (excludes halogenated alkanes) is 1. The molecule has 1 fully saturated rings. The van der Waals surface area contributed by atoms with Crippen LogP contribution in [0.5, 0.6) is 0 Å². The Morgan fingerprint density at radius 1 is 1.35 bits per heavy atom. The molecular formula is C13H23NO6. The standard InChI is InChI=1S/C13H23NO6/c1-13(19-9-10-20-13)8-7-11(14(16)17)5-3-4-6-12(15)18-2/h11H,3-10H2,1-2H3. The Kier molecular flexibility index (Phi) is 6.87. The maximum Gasteiger partial charge on any atom is 0.305 e. The molecule has 7 nitrogen and oxygen atoms in total. The lowest BCUT2D eigenvalue weighted by Gasteiger charge is -2.22. The molecule has 1 aliphatic rings. The number of hydrogen-bond acceptors (Lipinski definition) is 6. The van der Waals surface area contributed by atoms with Gasteiger partial charge in [0.15, 0.2) is 5.79 Å². The lowest BCUT2D eigenvalue weighted by atomic mass is 10.0. The zero-order valence-electron chi connectivity index (χ0n) is 12.1. The van der Waals surface area contributed by atoms with E-state index in [-0.39, 0.29) is 10.9 Å². The van der Waals surface area contributed by atoms with E-state index >= 15 is 0 Å². The number of methoxy groups -OCH3 is 1. The van der Waals surface area contributed by atoms with E-state index in [1.54, 1.807) is 0 Å². The second-order valence-corrected chi connectivity index (χ2v) is 5.13. The number of rotatable bonds is 9. The van der Waals surface area contributed by atoms with Gasteiger partial charge < -0.3 is 14.2 Å². The van der Waals surface area contributed by atoms with Crippen molar-refractivity contribution in [3.8, 4) is 0 Å². The van der Waals surface area contributed by atoms with Gasteiger partial charge in [-0.15, -0.1) is 0 Å². The summed E-state index contributed by atoms with van der Waals surface area (Å²) in [6.45, 7) is 2.89. The van der Waals surface area contributed by atoms with Gasteiger partial charge >= 0.3 is 5.97 Å². The van der Waals surface area contributed by atoms with Crippen LogP contribution in [0.2, 0.25) is 0 Å². The molecule has 0 saturated carbocycles. The summed E-state index contributed by atoms with van der Waals surface area (Å²) in [4.78, 5) is 21.7. The number of hydrogen-bond donors (Lipinski definition) is 0. The summed E-state index contributed by atoms with van der Waals surface area (Å²) >= 11 is 0. The molecule has 116 valence electrons. The van der Waals surface area contributed by atoms with Gasteiger partial charge in [-0.3, -0.25) is 14.9 Å². The number of nitrogens with zero attached hydrogens (tertiary/aromatic N) is 1. The van der Waals surface area contributed by atoms with Crippen molar-refractivity contribution in [1.29, 1.82) is 0 Å². The van der Waals surface area contributed by atoms with E-state index in [0.29, 0.717) is 51.7 Å². The molecule has 1 unspecified atom stereocenters. The van der Waals surface area contributed by atoms with Crippen LogP contribution < -0.4 is 0 Å². The van der Waals surface area contributed by atoms with Crippen LogP contribution >= 0.6 is 0 Å². The summed E-state index contributed by atoms with van der Waals surface area (Å²) in [5.41, 5.74) is 0. The van der Waals surface area contributed by atoms with E-state index in [4.69, 9.17) is 9.47 Å². The third-order valence-electron chi connectivity index (χ3n) is 3.52. The Morgan fingerprint density at radius 2 is 2.00 bits per heavy atom. The lowest BCUT2D eigenvalue weighted by Crippen LogP contribution is -2.29. The molecule has 1 saturated heterocycles. The van der Waals surface area contributed by atoms with Crippen molar-refractivity contribution in [1.82, 2.24) is 0 Å². The molecular weight excluding hydrogens is 266 g/mol. The summed E-state index contributed by atoms with van der Waals surface area (Å²) in [5, 5.41) is 11.0. The van der Waals surface area contributed by atoms with Gasteiger partial charge in [-0.05, 0) is 19.8 Å². The first-order chi connectivity index (χ1) is 9.47. The molecule has 0 aromatic carbocycles. The summed E-state index contributed by atoms with van der Waals surface area (Å²) in [5.74, 6) is -0.955. The molecule has 1 rings (SSSR count). The highest BCUT2D eigenvalue weighted by Gasteiger charge is 2.33. The minimum absolute atomic E-state index is 0.254.